The van der Waals surface area contributed by atoms with Gasteiger partial charge in [-0.2, -0.15) is 0 Å². The molecule has 1 aliphatic heterocycles. The predicted octanol–water partition coefficient (Wildman–Crippen LogP) is 1.37. The van der Waals surface area contributed by atoms with Crippen LogP contribution >= 0.6 is 0 Å². The molecule has 2 aromatic rings. The van der Waals surface area contributed by atoms with Crippen molar-refractivity contribution in [3.63, 3.8) is 0 Å². The normalized spacial score (nSPS) is 26.8. The van der Waals surface area contributed by atoms with E-state index >= 15 is 0 Å². The predicted molar refractivity (Wildman–Crippen MR) is 106 cm³/mol. The molecule has 1 heterocycles. The topological polar surface area (TPSA) is 97.3 Å². The summed E-state index contributed by atoms with van der Waals surface area (Å²) in [5, 5.41) is 23.1. The van der Waals surface area contributed by atoms with Gasteiger partial charge in [0.1, 0.15) is 24.4 Å². The van der Waals surface area contributed by atoms with Crippen LogP contribution in [0.3, 0.4) is 0 Å². The monoisotopic (exact) mass is 401 g/mol. The van der Waals surface area contributed by atoms with Gasteiger partial charge in [0, 0.05) is 6.92 Å². The van der Waals surface area contributed by atoms with Crippen LogP contribution in [0.1, 0.15) is 18.1 Å². The van der Waals surface area contributed by atoms with Gasteiger partial charge in [-0.25, -0.2) is 0 Å². The molecule has 7 nitrogen and oxygen atoms in total. The van der Waals surface area contributed by atoms with E-state index in [-0.39, 0.29) is 19.1 Å². The molecule has 0 unspecified atom stereocenters. The van der Waals surface area contributed by atoms with Gasteiger partial charge in [-0.3, -0.25) is 4.79 Å². The molecule has 1 aliphatic rings. The van der Waals surface area contributed by atoms with Gasteiger partial charge in [-0.1, -0.05) is 60.7 Å². The minimum atomic E-state index is -1.13. The fraction of sp³-hybridized carbons (Fsp3) is 0.409. The number of ether oxygens (including phenoxy) is 3. The van der Waals surface area contributed by atoms with Crippen LogP contribution in [-0.2, 0) is 32.2 Å². The third kappa shape index (κ3) is 5.85. The summed E-state index contributed by atoms with van der Waals surface area (Å²) in [6, 6.07) is 18.3. The highest BCUT2D eigenvalue weighted by atomic mass is 16.7. The molecule has 1 fully saturated rings. The summed E-state index contributed by atoms with van der Waals surface area (Å²) in [5.74, 6) is -0.296. The van der Waals surface area contributed by atoms with E-state index in [0.29, 0.717) is 0 Å². The average Bonchev–Trinajstić information content (AvgIpc) is 2.74. The molecule has 0 saturated carbocycles. The van der Waals surface area contributed by atoms with Gasteiger partial charge in [0.15, 0.2) is 6.29 Å². The Morgan fingerprint density at radius 1 is 1.00 bits per heavy atom. The van der Waals surface area contributed by atoms with Crippen molar-refractivity contribution in [3.05, 3.63) is 71.8 Å². The zero-order valence-corrected chi connectivity index (χ0v) is 16.3. The maximum atomic E-state index is 11.8. The summed E-state index contributed by atoms with van der Waals surface area (Å²) < 4.78 is 17.6. The molecule has 2 aromatic carbocycles. The quantitative estimate of drug-likeness (QED) is 0.618. The van der Waals surface area contributed by atoms with Gasteiger partial charge >= 0.3 is 0 Å². The lowest BCUT2D eigenvalue weighted by atomic mass is 9.96. The fourth-order valence-electron chi connectivity index (χ4n) is 3.32. The number of aliphatic hydroxyl groups excluding tert-OH is 2. The first-order chi connectivity index (χ1) is 14.1. The Kier molecular flexibility index (Phi) is 7.74. The lowest BCUT2D eigenvalue weighted by molar-refractivity contribution is -0.281. The minimum Gasteiger partial charge on any atom is -0.394 e. The Morgan fingerprint density at radius 2 is 1.55 bits per heavy atom. The SMILES string of the molecule is CC(=O)N[C@H]1[C@@H](OCc2ccccc2)O[C@@H](CO)[C@@H](O)[C@@H]1OCc1ccccc1. The zero-order valence-electron chi connectivity index (χ0n) is 16.3. The Morgan fingerprint density at radius 3 is 2.07 bits per heavy atom. The van der Waals surface area contributed by atoms with E-state index in [1.54, 1.807) is 0 Å². The van der Waals surface area contributed by atoms with Crippen LogP contribution in [-0.4, -0.2) is 53.4 Å². The molecule has 0 spiro atoms. The van der Waals surface area contributed by atoms with Crippen LogP contribution in [0.2, 0.25) is 0 Å². The molecular formula is C22H27NO6. The van der Waals surface area contributed by atoms with Gasteiger partial charge in [0.2, 0.25) is 5.91 Å². The molecule has 7 heteroatoms. The standard InChI is InChI=1S/C22H27NO6/c1-15(25)23-19-21(27-13-16-8-4-2-5-9-16)20(26)18(12-24)29-22(19)28-14-17-10-6-3-7-11-17/h2-11,18-22,24,26H,12-14H2,1H3,(H,23,25)/t18-,19+,20+,21+,22-/m0/s1. The van der Waals surface area contributed by atoms with Crippen LogP contribution in [0, 0.1) is 0 Å². The van der Waals surface area contributed by atoms with Gasteiger partial charge in [0.05, 0.1) is 19.8 Å². The van der Waals surface area contributed by atoms with Crippen LogP contribution in [0.5, 0.6) is 0 Å². The molecule has 29 heavy (non-hydrogen) atoms. The van der Waals surface area contributed by atoms with Crippen molar-refractivity contribution in [1.82, 2.24) is 5.32 Å². The number of amides is 1. The van der Waals surface area contributed by atoms with Gasteiger partial charge in [0.25, 0.3) is 0 Å². The highest BCUT2D eigenvalue weighted by molar-refractivity contribution is 5.73. The van der Waals surface area contributed by atoms with Crippen molar-refractivity contribution in [2.75, 3.05) is 6.61 Å². The van der Waals surface area contributed by atoms with E-state index in [9.17, 15) is 15.0 Å². The second-order valence-electron chi connectivity index (χ2n) is 7.00. The molecule has 3 N–H and O–H groups in total. The minimum absolute atomic E-state index is 0.238. The second kappa shape index (κ2) is 10.5. The summed E-state index contributed by atoms with van der Waals surface area (Å²) >= 11 is 0. The van der Waals surface area contributed by atoms with Crippen LogP contribution in [0.4, 0.5) is 0 Å². The highest BCUT2D eigenvalue weighted by Crippen LogP contribution is 2.26. The molecule has 0 aliphatic carbocycles. The lowest BCUT2D eigenvalue weighted by Gasteiger charge is -2.44. The average molecular weight is 401 g/mol. The van der Waals surface area contributed by atoms with Crippen LogP contribution in [0.15, 0.2) is 60.7 Å². The maximum absolute atomic E-state index is 11.8. The van der Waals surface area contributed by atoms with E-state index in [1.165, 1.54) is 6.92 Å². The lowest BCUT2D eigenvalue weighted by Crippen LogP contribution is -2.65. The molecule has 0 bridgehead atoms. The van der Waals surface area contributed by atoms with Crippen molar-refractivity contribution in [2.24, 2.45) is 0 Å². The summed E-state index contributed by atoms with van der Waals surface area (Å²) in [6.45, 7) is 1.47. The number of aliphatic hydroxyl groups is 2. The number of carbonyl (C=O) groups excluding carboxylic acids is 1. The van der Waals surface area contributed by atoms with Crippen molar-refractivity contribution in [2.45, 2.75) is 50.8 Å². The summed E-state index contributed by atoms with van der Waals surface area (Å²) in [4.78, 5) is 11.8. The first-order valence-corrected chi connectivity index (χ1v) is 9.61. The molecule has 156 valence electrons. The molecule has 1 saturated heterocycles. The molecule has 1 amide bonds. The molecule has 0 radical (unpaired) electrons. The molecular weight excluding hydrogens is 374 g/mol. The number of hydrogen-bond acceptors (Lipinski definition) is 6. The largest absolute Gasteiger partial charge is 0.394 e. The van der Waals surface area contributed by atoms with Crippen molar-refractivity contribution < 1.29 is 29.2 Å². The van der Waals surface area contributed by atoms with E-state index in [1.807, 2.05) is 60.7 Å². The Labute approximate surface area is 170 Å². The van der Waals surface area contributed by atoms with Gasteiger partial charge in [-0.15, -0.1) is 0 Å². The third-order valence-electron chi connectivity index (χ3n) is 4.77. The summed E-state index contributed by atoms with van der Waals surface area (Å²) in [6.07, 6.45) is -3.72. The Balaban J connectivity index is 1.76. The van der Waals surface area contributed by atoms with Gasteiger partial charge < -0.3 is 29.7 Å². The number of hydrogen-bond donors (Lipinski definition) is 3. The van der Waals surface area contributed by atoms with E-state index in [2.05, 4.69) is 5.32 Å². The third-order valence-corrected chi connectivity index (χ3v) is 4.77. The summed E-state index contributed by atoms with van der Waals surface area (Å²) in [5.41, 5.74) is 1.86. The Bertz CT molecular complexity index is 756. The molecule has 5 atom stereocenters. The van der Waals surface area contributed by atoms with Crippen molar-refractivity contribution in [1.29, 1.82) is 0 Å². The second-order valence-corrected chi connectivity index (χ2v) is 7.00. The van der Waals surface area contributed by atoms with E-state index in [4.69, 9.17) is 14.2 Å². The van der Waals surface area contributed by atoms with Gasteiger partial charge in [-0.05, 0) is 11.1 Å². The van der Waals surface area contributed by atoms with Crippen LogP contribution in [0.25, 0.3) is 0 Å². The fourth-order valence-corrected chi connectivity index (χ4v) is 3.32. The van der Waals surface area contributed by atoms with E-state index in [0.717, 1.165) is 11.1 Å². The van der Waals surface area contributed by atoms with Crippen molar-refractivity contribution in [3.8, 4) is 0 Å². The van der Waals surface area contributed by atoms with E-state index < -0.39 is 37.3 Å². The number of rotatable bonds is 8. The first-order valence-electron chi connectivity index (χ1n) is 9.61. The molecule has 3 rings (SSSR count). The van der Waals surface area contributed by atoms with Crippen molar-refractivity contribution >= 4 is 5.91 Å². The molecule has 0 aromatic heterocycles. The number of benzene rings is 2. The first kappa shape index (κ1) is 21.4. The number of carbonyl (C=O) groups is 1. The smallest absolute Gasteiger partial charge is 0.217 e. The summed E-state index contributed by atoms with van der Waals surface area (Å²) in [7, 11) is 0. The zero-order chi connectivity index (χ0) is 20.6. The van der Waals surface area contributed by atoms with Crippen LogP contribution < -0.4 is 5.32 Å². The highest BCUT2D eigenvalue weighted by Gasteiger charge is 2.46. The maximum Gasteiger partial charge on any atom is 0.217 e. The number of nitrogens with one attached hydrogen (secondary N) is 1. The Hall–Kier alpha value is -2.29.